The second-order valence-corrected chi connectivity index (χ2v) is 5.65. The molecule has 0 amide bonds. The molecule has 0 radical (unpaired) electrons. The van der Waals surface area contributed by atoms with Crippen LogP contribution in [0.25, 0.3) is 10.8 Å². The van der Waals surface area contributed by atoms with Gasteiger partial charge in [0, 0.05) is 6.20 Å². The molecule has 3 rings (SSSR count). The summed E-state index contributed by atoms with van der Waals surface area (Å²) in [5.41, 5.74) is 6.31. The van der Waals surface area contributed by atoms with Crippen LogP contribution in [0.1, 0.15) is 5.56 Å². The van der Waals surface area contributed by atoms with E-state index in [0.717, 1.165) is 15.2 Å². The second-order valence-electron chi connectivity index (χ2n) is 4.42. The lowest BCUT2D eigenvalue weighted by molar-refractivity contribution is 0.460. The van der Waals surface area contributed by atoms with Crippen molar-refractivity contribution in [3.05, 3.63) is 64.8 Å². The quantitative estimate of drug-likeness (QED) is 0.703. The topological polar surface area (TPSA) is 48.1 Å². The van der Waals surface area contributed by atoms with E-state index < -0.39 is 0 Å². The fourth-order valence-electron chi connectivity index (χ4n) is 2.06. The first-order valence-corrected chi connectivity index (χ1v) is 7.47. The highest BCUT2D eigenvalue weighted by Gasteiger charge is 2.12. The van der Waals surface area contributed by atoms with Crippen LogP contribution >= 0.6 is 28.1 Å². The van der Waals surface area contributed by atoms with E-state index in [9.17, 15) is 0 Å². The molecular formula is C16H11BrN2OS. The van der Waals surface area contributed by atoms with Gasteiger partial charge in [-0.05, 0) is 44.9 Å². The minimum Gasteiger partial charge on any atom is -0.437 e. The van der Waals surface area contributed by atoms with Gasteiger partial charge < -0.3 is 10.5 Å². The van der Waals surface area contributed by atoms with E-state index in [-0.39, 0.29) is 4.99 Å². The van der Waals surface area contributed by atoms with Gasteiger partial charge in [0.2, 0.25) is 5.88 Å². The van der Waals surface area contributed by atoms with Gasteiger partial charge in [0.1, 0.15) is 10.7 Å². The third-order valence-corrected chi connectivity index (χ3v) is 4.11. The van der Waals surface area contributed by atoms with Crippen LogP contribution in [0, 0.1) is 0 Å². The molecule has 0 fully saturated rings. The molecule has 1 heterocycles. The zero-order valence-electron chi connectivity index (χ0n) is 10.9. The molecule has 2 N–H and O–H groups in total. The Morgan fingerprint density at radius 3 is 2.71 bits per heavy atom. The number of nitrogens with two attached hydrogens (primary N) is 1. The van der Waals surface area contributed by atoms with Crippen LogP contribution in [-0.4, -0.2) is 9.97 Å². The number of hydrogen-bond donors (Lipinski definition) is 1. The number of hydrogen-bond acceptors (Lipinski definition) is 3. The number of benzene rings is 2. The Morgan fingerprint density at radius 1 is 1.10 bits per heavy atom. The van der Waals surface area contributed by atoms with E-state index in [0.29, 0.717) is 17.2 Å². The SMILES string of the molecule is NC(=S)c1cccnc1Oc1ccc2ccccc2c1Br. The Balaban J connectivity index is 2.07. The van der Waals surface area contributed by atoms with Gasteiger partial charge >= 0.3 is 0 Å². The van der Waals surface area contributed by atoms with Gasteiger partial charge in [-0.2, -0.15) is 0 Å². The van der Waals surface area contributed by atoms with Crippen LogP contribution in [0.5, 0.6) is 11.6 Å². The maximum atomic E-state index is 5.88. The number of fused-ring (bicyclic) bond motifs is 1. The van der Waals surface area contributed by atoms with Crippen LogP contribution < -0.4 is 10.5 Å². The molecule has 0 unspecified atom stereocenters. The smallest absolute Gasteiger partial charge is 0.229 e. The van der Waals surface area contributed by atoms with Crippen molar-refractivity contribution in [3.63, 3.8) is 0 Å². The zero-order chi connectivity index (χ0) is 14.8. The maximum absolute atomic E-state index is 5.88. The summed E-state index contributed by atoms with van der Waals surface area (Å²) in [5.74, 6) is 1.07. The summed E-state index contributed by atoms with van der Waals surface area (Å²) in [7, 11) is 0. The van der Waals surface area contributed by atoms with Gasteiger partial charge in [0.05, 0.1) is 10.0 Å². The molecule has 1 aromatic heterocycles. The molecule has 3 aromatic rings. The van der Waals surface area contributed by atoms with Gasteiger partial charge in [-0.25, -0.2) is 4.98 Å². The third kappa shape index (κ3) is 2.75. The average Bonchev–Trinajstić information content (AvgIpc) is 2.51. The molecule has 0 aliphatic rings. The van der Waals surface area contributed by atoms with Crippen molar-refractivity contribution >= 4 is 43.9 Å². The molecular weight excluding hydrogens is 348 g/mol. The zero-order valence-corrected chi connectivity index (χ0v) is 13.3. The van der Waals surface area contributed by atoms with Crippen LogP contribution in [0.4, 0.5) is 0 Å². The molecule has 0 bridgehead atoms. The first-order chi connectivity index (χ1) is 10.2. The highest BCUT2D eigenvalue weighted by Crippen LogP contribution is 2.35. The summed E-state index contributed by atoms with van der Waals surface area (Å²) in [6.45, 7) is 0. The van der Waals surface area contributed by atoms with Crippen molar-refractivity contribution in [2.45, 2.75) is 0 Å². The monoisotopic (exact) mass is 358 g/mol. The molecule has 0 saturated heterocycles. The molecule has 21 heavy (non-hydrogen) atoms. The van der Waals surface area contributed by atoms with E-state index in [1.165, 1.54) is 0 Å². The number of nitrogens with zero attached hydrogens (tertiary/aromatic N) is 1. The Kier molecular flexibility index (Phi) is 3.86. The summed E-state index contributed by atoms with van der Waals surface area (Å²) in [5, 5.41) is 2.20. The van der Waals surface area contributed by atoms with Gasteiger partial charge in [-0.3, -0.25) is 0 Å². The Morgan fingerprint density at radius 2 is 1.90 bits per heavy atom. The summed E-state index contributed by atoms with van der Waals surface area (Å²) < 4.78 is 6.76. The van der Waals surface area contributed by atoms with E-state index in [1.54, 1.807) is 18.3 Å². The largest absolute Gasteiger partial charge is 0.437 e. The predicted octanol–water partition coefficient (Wildman–Crippen LogP) is 4.42. The number of halogens is 1. The minimum absolute atomic E-state index is 0.259. The van der Waals surface area contributed by atoms with Crippen LogP contribution in [0.2, 0.25) is 0 Å². The predicted molar refractivity (Wildman–Crippen MR) is 91.8 cm³/mol. The lowest BCUT2D eigenvalue weighted by Gasteiger charge is -2.11. The molecule has 2 aromatic carbocycles. The first kappa shape index (κ1) is 14.0. The average molecular weight is 359 g/mol. The molecule has 104 valence electrons. The molecule has 5 heteroatoms. The van der Waals surface area contributed by atoms with Crippen molar-refractivity contribution in [2.75, 3.05) is 0 Å². The number of thiocarbonyl (C=S) groups is 1. The highest BCUT2D eigenvalue weighted by molar-refractivity contribution is 9.10. The summed E-state index contributed by atoms with van der Waals surface area (Å²) in [6.07, 6.45) is 1.64. The van der Waals surface area contributed by atoms with Gasteiger partial charge in [0.25, 0.3) is 0 Å². The van der Waals surface area contributed by atoms with E-state index in [1.807, 2.05) is 36.4 Å². The Labute approximate surface area is 135 Å². The fraction of sp³-hybridized carbons (Fsp3) is 0. The number of aromatic nitrogens is 1. The lowest BCUT2D eigenvalue weighted by atomic mass is 10.1. The lowest BCUT2D eigenvalue weighted by Crippen LogP contribution is -2.11. The summed E-state index contributed by atoms with van der Waals surface area (Å²) >= 11 is 8.61. The first-order valence-electron chi connectivity index (χ1n) is 6.27. The molecule has 0 saturated carbocycles. The fourth-order valence-corrected chi connectivity index (χ4v) is 2.79. The molecule has 0 atom stereocenters. The van der Waals surface area contributed by atoms with Crippen molar-refractivity contribution in [1.29, 1.82) is 0 Å². The molecule has 0 spiro atoms. The second kappa shape index (κ2) is 5.79. The van der Waals surface area contributed by atoms with Gasteiger partial charge in [-0.15, -0.1) is 0 Å². The van der Waals surface area contributed by atoms with E-state index in [2.05, 4.69) is 20.9 Å². The number of ether oxygens (including phenoxy) is 1. The van der Waals surface area contributed by atoms with Gasteiger partial charge in [-0.1, -0.05) is 42.5 Å². The summed E-state index contributed by atoms with van der Waals surface area (Å²) in [4.78, 5) is 4.47. The standard InChI is InChI=1S/C16H11BrN2OS/c17-14-11-5-2-1-4-10(11)7-8-13(14)20-16-12(15(18)21)6-3-9-19-16/h1-9H,(H2,18,21). The van der Waals surface area contributed by atoms with Crippen molar-refractivity contribution in [3.8, 4) is 11.6 Å². The van der Waals surface area contributed by atoms with E-state index in [4.69, 9.17) is 22.7 Å². The summed E-state index contributed by atoms with van der Waals surface area (Å²) in [6, 6.07) is 15.5. The van der Waals surface area contributed by atoms with E-state index >= 15 is 0 Å². The molecule has 3 nitrogen and oxygen atoms in total. The third-order valence-electron chi connectivity index (χ3n) is 3.07. The molecule has 0 aliphatic heterocycles. The van der Waals surface area contributed by atoms with Crippen LogP contribution in [0.3, 0.4) is 0 Å². The maximum Gasteiger partial charge on any atom is 0.229 e. The highest BCUT2D eigenvalue weighted by atomic mass is 79.9. The minimum atomic E-state index is 0.259. The Bertz CT molecular complexity index is 835. The normalized spacial score (nSPS) is 10.5. The number of rotatable bonds is 3. The van der Waals surface area contributed by atoms with Crippen molar-refractivity contribution < 1.29 is 4.74 Å². The Hall–Kier alpha value is -1.98. The van der Waals surface area contributed by atoms with Crippen molar-refractivity contribution in [2.24, 2.45) is 5.73 Å². The number of pyridine rings is 1. The van der Waals surface area contributed by atoms with Crippen LogP contribution in [-0.2, 0) is 0 Å². The molecule has 0 aliphatic carbocycles. The van der Waals surface area contributed by atoms with Crippen LogP contribution in [0.15, 0.2) is 59.2 Å². The van der Waals surface area contributed by atoms with Gasteiger partial charge in [0.15, 0.2) is 0 Å². The van der Waals surface area contributed by atoms with Crippen molar-refractivity contribution in [1.82, 2.24) is 4.98 Å².